The molecule has 0 heterocycles. The van der Waals surface area contributed by atoms with Gasteiger partial charge >= 0.3 is 0 Å². The van der Waals surface area contributed by atoms with Gasteiger partial charge in [0, 0.05) is 30.9 Å². The van der Waals surface area contributed by atoms with Crippen molar-refractivity contribution in [2.75, 3.05) is 19.4 Å². The molecule has 0 saturated heterocycles. The molecule has 1 aliphatic rings. The fraction of sp³-hybridized carbons (Fsp3) is 0.429. The second-order valence-electron chi connectivity index (χ2n) is 4.51. The van der Waals surface area contributed by atoms with Crippen molar-refractivity contribution in [1.29, 1.82) is 0 Å². The van der Waals surface area contributed by atoms with Gasteiger partial charge < -0.3 is 10.5 Å². The Balaban J connectivity index is 2.08. The first-order valence-electron chi connectivity index (χ1n) is 6.02. The maximum Gasteiger partial charge on any atom is 0.120 e. The van der Waals surface area contributed by atoms with Crippen LogP contribution in [0.3, 0.4) is 0 Å². The van der Waals surface area contributed by atoms with Crippen LogP contribution in [0.5, 0.6) is 5.75 Å². The van der Waals surface area contributed by atoms with E-state index in [9.17, 15) is 0 Å². The molecule has 1 saturated carbocycles. The Bertz CT molecular complexity index is 399. The van der Waals surface area contributed by atoms with Gasteiger partial charge in [-0.1, -0.05) is 12.1 Å². The average Bonchev–Trinajstić information content (AvgIpc) is 3.14. The number of ether oxygens (including phenoxy) is 1. The standard InChI is InChI=1S/C14H20N2O/c1-3-8-16(12-5-6-12)10-11-4-7-13(17-2)9-14(11)15/h3-4,7,9,12H,1,5-6,8,10,15H2,2H3. The number of methoxy groups -OCH3 is 1. The zero-order valence-electron chi connectivity index (χ0n) is 10.4. The smallest absolute Gasteiger partial charge is 0.120 e. The molecule has 1 fully saturated rings. The van der Waals surface area contributed by atoms with Crippen molar-refractivity contribution in [3.05, 3.63) is 36.4 Å². The van der Waals surface area contributed by atoms with Crippen LogP contribution in [0.25, 0.3) is 0 Å². The maximum atomic E-state index is 6.03. The van der Waals surface area contributed by atoms with Crippen LogP contribution >= 0.6 is 0 Å². The highest BCUT2D eigenvalue weighted by molar-refractivity contribution is 5.51. The number of hydrogen-bond acceptors (Lipinski definition) is 3. The molecule has 92 valence electrons. The summed E-state index contributed by atoms with van der Waals surface area (Å²) in [5.41, 5.74) is 8.00. The summed E-state index contributed by atoms with van der Waals surface area (Å²) in [5.74, 6) is 0.813. The first-order chi connectivity index (χ1) is 8.24. The number of nitrogens with two attached hydrogens (primary N) is 1. The maximum absolute atomic E-state index is 6.03. The van der Waals surface area contributed by atoms with E-state index in [4.69, 9.17) is 10.5 Å². The lowest BCUT2D eigenvalue weighted by atomic mass is 10.1. The van der Waals surface area contributed by atoms with E-state index in [0.29, 0.717) is 0 Å². The summed E-state index contributed by atoms with van der Waals surface area (Å²) in [6, 6.07) is 6.61. The van der Waals surface area contributed by atoms with Crippen LogP contribution in [0, 0.1) is 0 Å². The Morgan fingerprint density at radius 3 is 2.82 bits per heavy atom. The molecular formula is C14H20N2O. The summed E-state index contributed by atoms with van der Waals surface area (Å²) in [6.07, 6.45) is 4.55. The zero-order valence-corrected chi connectivity index (χ0v) is 10.4. The molecule has 0 amide bonds. The van der Waals surface area contributed by atoms with E-state index in [1.165, 1.54) is 18.4 Å². The van der Waals surface area contributed by atoms with E-state index in [2.05, 4.69) is 11.5 Å². The summed E-state index contributed by atoms with van der Waals surface area (Å²) < 4.78 is 5.15. The van der Waals surface area contributed by atoms with Gasteiger partial charge in [0.25, 0.3) is 0 Å². The van der Waals surface area contributed by atoms with Gasteiger partial charge in [0.05, 0.1) is 7.11 Å². The van der Waals surface area contributed by atoms with E-state index in [1.54, 1.807) is 7.11 Å². The highest BCUT2D eigenvalue weighted by atomic mass is 16.5. The van der Waals surface area contributed by atoms with Crippen LogP contribution < -0.4 is 10.5 Å². The quantitative estimate of drug-likeness (QED) is 0.604. The molecular weight excluding hydrogens is 212 g/mol. The molecule has 0 bridgehead atoms. The topological polar surface area (TPSA) is 38.5 Å². The van der Waals surface area contributed by atoms with Crippen molar-refractivity contribution in [2.45, 2.75) is 25.4 Å². The monoisotopic (exact) mass is 232 g/mol. The molecule has 0 unspecified atom stereocenters. The van der Waals surface area contributed by atoms with Gasteiger partial charge in [0.1, 0.15) is 5.75 Å². The summed E-state index contributed by atoms with van der Waals surface area (Å²) in [5, 5.41) is 0. The summed E-state index contributed by atoms with van der Waals surface area (Å²) in [4.78, 5) is 2.42. The lowest BCUT2D eigenvalue weighted by molar-refractivity contribution is 0.284. The van der Waals surface area contributed by atoms with E-state index in [-0.39, 0.29) is 0 Å². The first kappa shape index (κ1) is 12.0. The second-order valence-corrected chi connectivity index (χ2v) is 4.51. The fourth-order valence-electron chi connectivity index (χ4n) is 2.01. The van der Waals surface area contributed by atoms with Gasteiger partial charge in [-0.05, 0) is 24.5 Å². The van der Waals surface area contributed by atoms with Crippen LogP contribution in [0.15, 0.2) is 30.9 Å². The highest BCUT2D eigenvalue weighted by Crippen LogP contribution is 2.29. The van der Waals surface area contributed by atoms with Gasteiger partial charge in [-0.25, -0.2) is 0 Å². The van der Waals surface area contributed by atoms with E-state index in [0.717, 1.165) is 30.6 Å². The minimum atomic E-state index is 0.717. The molecule has 0 aromatic heterocycles. The molecule has 3 heteroatoms. The minimum absolute atomic E-state index is 0.717. The van der Waals surface area contributed by atoms with Crippen LogP contribution in [0.1, 0.15) is 18.4 Å². The predicted molar refractivity (Wildman–Crippen MR) is 71.0 cm³/mol. The normalized spacial score (nSPS) is 14.9. The number of nitrogens with zero attached hydrogens (tertiary/aromatic N) is 1. The Labute approximate surface area is 103 Å². The molecule has 2 N–H and O–H groups in total. The average molecular weight is 232 g/mol. The second kappa shape index (κ2) is 5.23. The molecule has 1 aromatic rings. The number of hydrogen-bond donors (Lipinski definition) is 1. The van der Waals surface area contributed by atoms with Gasteiger partial charge in [-0.2, -0.15) is 0 Å². The van der Waals surface area contributed by atoms with Crippen molar-refractivity contribution in [2.24, 2.45) is 0 Å². The Kier molecular flexibility index (Phi) is 3.69. The molecule has 17 heavy (non-hydrogen) atoms. The summed E-state index contributed by atoms with van der Waals surface area (Å²) in [7, 11) is 1.66. The number of benzene rings is 1. The predicted octanol–water partition coefficient (Wildman–Crippen LogP) is 2.43. The van der Waals surface area contributed by atoms with Gasteiger partial charge in [-0.15, -0.1) is 6.58 Å². The SMILES string of the molecule is C=CCN(Cc1ccc(OC)cc1N)C1CC1. The largest absolute Gasteiger partial charge is 0.497 e. The van der Waals surface area contributed by atoms with Crippen molar-refractivity contribution in [3.8, 4) is 5.75 Å². The number of rotatable bonds is 6. The van der Waals surface area contributed by atoms with Gasteiger partial charge in [0.15, 0.2) is 0 Å². The lowest BCUT2D eigenvalue weighted by Gasteiger charge is -2.21. The lowest BCUT2D eigenvalue weighted by Crippen LogP contribution is -2.26. The third kappa shape index (κ3) is 3.01. The highest BCUT2D eigenvalue weighted by Gasteiger charge is 2.28. The third-order valence-corrected chi connectivity index (χ3v) is 3.15. The van der Waals surface area contributed by atoms with Crippen molar-refractivity contribution in [1.82, 2.24) is 4.90 Å². The minimum Gasteiger partial charge on any atom is -0.497 e. The van der Waals surface area contributed by atoms with Gasteiger partial charge in [-0.3, -0.25) is 4.90 Å². The van der Waals surface area contributed by atoms with Crippen molar-refractivity contribution in [3.63, 3.8) is 0 Å². The molecule has 0 radical (unpaired) electrons. The summed E-state index contributed by atoms with van der Waals surface area (Å²) in [6.45, 7) is 5.63. The van der Waals surface area contributed by atoms with Crippen molar-refractivity contribution < 1.29 is 4.74 Å². The zero-order chi connectivity index (χ0) is 12.3. The van der Waals surface area contributed by atoms with Crippen LogP contribution in [-0.2, 0) is 6.54 Å². The summed E-state index contributed by atoms with van der Waals surface area (Å²) >= 11 is 0. The van der Waals surface area contributed by atoms with E-state index in [1.807, 2.05) is 24.3 Å². The van der Waals surface area contributed by atoms with E-state index < -0.39 is 0 Å². The fourth-order valence-corrected chi connectivity index (χ4v) is 2.01. The molecule has 0 atom stereocenters. The van der Waals surface area contributed by atoms with Crippen LogP contribution in [0.2, 0.25) is 0 Å². The van der Waals surface area contributed by atoms with Crippen LogP contribution in [0.4, 0.5) is 5.69 Å². The Morgan fingerprint density at radius 2 is 2.29 bits per heavy atom. The molecule has 2 rings (SSSR count). The molecule has 1 aromatic carbocycles. The van der Waals surface area contributed by atoms with Gasteiger partial charge in [0.2, 0.25) is 0 Å². The van der Waals surface area contributed by atoms with E-state index >= 15 is 0 Å². The van der Waals surface area contributed by atoms with Crippen molar-refractivity contribution >= 4 is 5.69 Å². The van der Waals surface area contributed by atoms with Crippen LogP contribution in [-0.4, -0.2) is 24.6 Å². The number of anilines is 1. The molecule has 0 aliphatic heterocycles. The third-order valence-electron chi connectivity index (χ3n) is 3.15. The first-order valence-corrected chi connectivity index (χ1v) is 6.02. The molecule has 3 nitrogen and oxygen atoms in total. The molecule has 1 aliphatic carbocycles. The number of nitrogen functional groups attached to an aromatic ring is 1. The Hall–Kier alpha value is -1.48. The molecule has 0 spiro atoms. The Morgan fingerprint density at radius 1 is 1.53 bits per heavy atom.